The van der Waals surface area contributed by atoms with Crippen molar-refractivity contribution in [2.45, 2.75) is 20.8 Å². The third-order valence-corrected chi connectivity index (χ3v) is 4.46. The molecule has 0 fully saturated rings. The second-order valence-corrected chi connectivity index (χ2v) is 6.89. The largest absolute Gasteiger partial charge is 0.507 e. The SMILES string of the molecule is C=CP(=O)(ONc1ncccc1C)Oc1cc(C)c(O)c(C)c1. The fourth-order valence-corrected chi connectivity index (χ4v) is 2.71. The Morgan fingerprint density at radius 2 is 1.91 bits per heavy atom. The van der Waals surface area contributed by atoms with Gasteiger partial charge in [-0.3, -0.25) is 0 Å². The van der Waals surface area contributed by atoms with Gasteiger partial charge < -0.3 is 9.63 Å². The van der Waals surface area contributed by atoms with E-state index in [2.05, 4.69) is 17.0 Å². The zero-order chi connectivity index (χ0) is 17.0. The number of phenolic OH excluding ortho intramolecular Hbond substituents is 1. The van der Waals surface area contributed by atoms with Crippen LogP contribution in [0.15, 0.2) is 42.9 Å². The van der Waals surface area contributed by atoms with Gasteiger partial charge in [0.2, 0.25) is 0 Å². The minimum Gasteiger partial charge on any atom is -0.507 e. The number of benzene rings is 1. The first-order valence-corrected chi connectivity index (χ1v) is 8.55. The Morgan fingerprint density at radius 3 is 2.48 bits per heavy atom. The zero-order valence-corrected chi connectivity index (χ0v) is 14.1. The third kappa shape index (κ3) is 4.12. The molecule has 23 heavy (non-hydrogen) atoms. The van der Waals surface area contributed by atoms with Crippen LogP contribution in [0.3, 0.4) is 0 Å². The maximum Gasteiger partial charge on any atom is 0.424 e. The van der Waals surface area contributed by atoms with Crippen molar-refractivity contribution in [2.24, 2.45) is 0 Å². The summed E-state index contributed by atoms with van der Waals surface area (Å²) in [5.41, 5.74) is 4.61. The first kappa shape index (κ1) is 17.1. The summed E-state index contributed by atoms with van der Waals surface area (Å²) < 4.78 is 23.3. The molecule has 1 unspecified atom stereocenters. The summed E-state index contributed by atoms with van der Waals surface area (Å²) in [5.74, 6) is 2.04. The summed E-state index contributed by atoms with van der Waals surface area (Å²) in [6.45, 7) is 8.79. The number of aromatic hydroxyl groups is 1. The lowest BCUT2D eigenvalue weighted by atomic mass is 10.1. The molecule has 122 valence electrons. The molecule has 2 aromatic rings. The average molecular weight is 334 g/mol. The molecule has 1 heterocycles. The number of rotatable bonds is 6. The first-order valence-electron chi connectivity index (χ1n) is 6.94. The quantitative estimate of drug-likeness (QED) is 0.599. The van der Waals surface area contributed by atoms with Gasteiger partial charge in [0.15, 0.2) is 5.82 Å². The maximum absolute atomic E-state index is 12.6. The van der Waals surface area contributed by atoms with Gasteiger partial charge in [0, 0.05) is 12.0 Å². The average Bonchev–Trinajstić information content (AvgIpc) is 2.52. The van der Waals surface area contributed by atoms with E-state index in [1.165, 1.54) is 0 Å². The zero-order valence-electron chi connectivity index (χ0n) is 13.2. The lowest BCUT2D eigenvalue weighted by Crippen LogP contribution is -2.05. The van der Waals surface area contributed by atoms with Crippen molar-refractivity contribution >= 4 is 13.4 Å². The molecule has 0 bridgehead atoms. The molecule has 1 atom stereocenters. The molecule has 0 saturated carbocycles. The van der Waals surface area contributed by atoms with E-state index in [4.69, 9.17) is 9.15 Å². The van der Waals surface area contributed by atoms with Crippen molar-refractivity contribution in [1.82, 2.24) is 4.98 Å². The highest BCUT2D eigenvalue weighted by Gasteiger charge is 2.24. The predicted molar refractivity (Wildman–Crippen MR) is 89.7 cm³/mol. The Morgan fingerprint density at radius 1 is 1.26 bits per heavy atom. The third-order valence-electron chi connectivity index (χ3n) is 3.20. The minimum atomic E-state index is -3.63. The van der Waals surface area contributed by atoms with E-state index in [1.54, 1.807) is 38.2 Å². The van der Waals surface area contributed by atoms with E-state index in [-0.39, 0.29) is 5.75 Å². The minimum absolute atomic E-state index is 0.175. The molecule has 0 aliphatic carbocycles. The van der Waals surface area contributed by atoms with Crippen LogP contribution in [0.1, 0.15) is 16.7 Å². The Bertz CT molecular complexity index is 753. The summed E-state index contributed by atoms with van der Waals surface area (Å²) in [6, 6.07) is 6.78. The van der Waals surface area contributed by atoms with Crippen molar-refractivity contribution in [3.05, 3.63) is 59.5 Å². The van der Waals surface area contributed by atoms with Crippen LogP contribution in [0.25, 0.3) is 0 Å². The summed E-state index contributed by atoms with van der Waals surface area (Å²) in [7, 11) is -3.63. The van der Waals surface area contributed by atoms with E-state index in [0.29, 0.717) is 22.7 Å². The van der Waals surface area contributed by atoms with E-state index >= 15 is 0 Å². The van der Waals surface area contributed by atoms with E-state index < -0.39 is 7.60 Å². The van der Waals surface area contributed by atoms with E-state index in [1.807, 2.05) is 13.0 Å². The molecule has 0 aliphatic heterocycles. The molecule has 7 heteroatoms. The Labute approximate surface area is 135 Å². The van der Waals surface area contributed by atoms with Crippen LogP contribution < -0.4 is 10.0 Å². The molecule has 0 aliphatic rings. The molecule has 1 aromatic heterocycles. The highest BCUT2D eigenvalue weighted by molar-refractivity contribution is 7.57. The van der Waals surface area contributed by atoms with Crippen molar-refractivity contribution in [1.29, 1.82) is 0 Å². The molecule has 0 saturated heterocycles. The molecule has 0 spiro atoms. The maximum atomic E-state index is 12.6. The van der Waals surface area contributed by atoms with Crippen LogP contribution in [0, 0.1) is 20.8 Å². The number of hydrogen-bond donors (Lipinski definition) is 2. The first-order chi connectivity index (χ1) is 10.8. The lowest BCUT2D eigenvalue weighted by molar-refractivity contribution is 0.326. The number of aryl methyl sites for hydroxylation is 3. The van der Waals surface area contributed by atoms with Gasteiger partial charge in [0.25, 0.3) is 0 Å². The Balaban J connectivity index is 2.16. The number of aromatic nitrogens is 1. The molecular formula is C16H19N2O4P. The lowest BCUT2D eigenvalue weighted by Gasteiger charge is -2.17. The number of hydrogen-bond acceptors (Lipinski definition) is 6. The van der Waals surface area contributed by atoms with Crippen LogP contribution in [0.4, 0.5) is 5.82 Å². The number of nitrogens with zero attached hydrogens (tertiary/aromatic N) is 1. The van der Waals surface area contributed by atoms with Crippen LogP contribution in [-0.2, 0) is 9.19 Å². The van der Waals surface area contributed by atoms with E-state index in [9.17, 15) is 9.67 Å². The van der Waals surface area contributed by atoms with Gasteiger partial charge >= 0.3 is 7.60 Å². The van der Waals surface area contributed by atoms with Crippen LogP contribution in [-0.4, -0.2) is 10.1 Å². The molecule has 0 radical (unpaired) electrons. The van der Waals surface area contributed by atoms with Gasteiger partial charge in [-0.1, -0.05) is 12.6 Å². The van der Waals surface area contributed by atoms with Gasteiger partial charge in [-0.25, -0.2) is 15.0 Å². The number of nitrogens with one attached hydrogen (secondary N) is 1. The van der Waals surface area contributed by atoms with Crippen LogP contribution in [0.5, 0.6) is 11.5 Å². The van der Waals surface area contributed by atoms with Crippen molar-refractivity contribution < 1.29 is 18.8 Å². The Hall–Kier alpha value is -2.30. The highest BCUT2D eigenvalue weighted by Crippen LogP contribution is 2.49. The highest BCUT2D eigenvalue weighted by atomic mass is 31.2. The monoisotopic (exact) mass is 334 g/mol. The fourth-order valence-electron chi connectivity index (χ4n) is 1.91. The van der Waals surface area contributed by atoms with Crippen molar-refractivity contribution in [2.75, 3.05) is 5.48 Å². The van der Waals surface area contributed by atoms with Gasteiger partial charge in [0.1, 0.15) is 11.5 Å². The summed E-state index contributed by atoms with van der Waals surface area (Å²) in [6.07, 6.45) is 1.59. The topological polar surface area (TPSA) is 80.7 Å². The van der Waals surface area contributed by atoms with Gasteiger partial charge in [-0.2, -0.15) is 4.62 Å². The molecular weight excluding hydrogens is 315 g/mol. The van der Waals surface area contributed by atoms with Crippen molar-refractivity contribution in [3.63, 3.8) is 0 Å². The van der Waals surface area contributed by atoms with Crippen molar-refractivity contribution in [3.8, 4) is 11.5 Å². The Kier molecular flexibility index (Phi) is 5.08. The van der Waals surface area contributed by atoms with Crippen LogP contribution >= 0.6 is 7.60 Å². The van der Waals surface area contributed by atoms with Gasteiger partial charge in [-0.05, 0) is 55.7 Å². The molecule has 0 amide bonds. The standard InChI is InChI=1S/C16H19N2O4P/c1-5-23(20,22-18-16-11(2)7-6-8-17-16)21-14-9-12(3)15(19)13(4)10-14/h5-10,19H,1H2,2-4H3,(H,17,18). The smallest absolute Gasteiger partial charge is 0.424 e. The summed E-state index contributed by atoms with van der Waals surface area (Å²) in [4.78, 5) is 4.08. The van der Waals surface area contributed by atoms with Gasteiger partial charge in [-0.15, -0.1) is 0 Å². The molecule has 1 aromatic carbocycles. The summed E-state index contributed by atoms with van der Waals surface area (Å²) >= 11 is 0. The summed E-state index contributed by atoms with van der Waals surface area (Å²) in [5, 5.41) is 9.77. The van der Waals surface area contributed by atoms with Gasteiger partial charge in [0.05, 0.1) is 0 Å². The van der Waals surface area contributed by atoms with Crippen LogP contribution in [0.2, 0.25) is 0 Å². The van der Waals surface area contributed by atoms with E-state index in [0.717, 1.165) is 11.4 Å². The number of pyridine rings is 1. The molecule has 2 N–H and O–H groups in total. The molecule has 6 nitrogen and oxygen atoms in total. The molecule has 2 rings (SSSR count). The predicted octanol–water partition coefficient (Wildman–Crippen LogP) is 4.47. The number of phenols is 1. The second kappa shape index (κ2) is 6.86. The second-order valence-electron chi connectivity index (χ2n) is 5.08. The number of anilines is 1. The normalized spacial score (nSPS) is 13.2. The fraction of sp³-hybridized carbons (Fsp3) is 0.188.